The lowest BCUT2D eigenvalue weighted by atomic mass is 10.4. The molecule has 3 nitrogen and oxygen atoms in total. The van der Waals surface area contributed by atoms with E-state index in [2.05, 4.69) is 0 Å². The summed E-state index contributed by atoms with van der Waals surface area (Å²) < 4.78 is 1.88. The normalized spacial score (nSPS) is 8.08. The summed E-state index contributed by atoms with van der Waals surface area (Å²) in [5.41, 5.74) is 5.34. The predicted molar refractivity (Wildman–Crippen MR) is 54.3 cm³/mol. The molecule has 1 rings (SSSR count). The topological polar surface area (TPSA) is 48.0 Å². The van der Waals surface area contributed by atoms with Crippen LogP contribution in [0.4, 0.5) is 0 Å². The standard InChI is InChI=1S/C7H10N2O.2ClH/c8-3-6-9-4-1-7(10)2-5-9;;/h1-2,4-5H,3,6,8H2;2*1H. The van der Waals surface area contributed by atoms with Crippen LogP contribution in [0.1, 0.15) is 0 Å². The minimum absolute atomic E-state index is 0. The summed E-state index contributed by atoms with van der Waals surface area (Å²) in [7, 11) is 0. The summed E-state index contributed by atoms with van der Waals surface area (Å²) >= 11 is 0. The van der Waals surface area contributed by atoms with E-state index in [1.165, 1.54) is 12.1 Å². The van der Waals surface area contributed by atoms with Gasteiger partial charge in [0.2, 0.25) is 0 Å². The highest BCUT2D eigenvalue weighted by Crippen LogP contribution is 1.80. The van der Waals surface area contributed by atoms with E-state index in [0.717, 1.165) is 6.54 Å². The van der Waals surface area contributed by atoms with Crippen molar-refractivity contribution in [2.45, 2.75) is 6.54 Å². The van der Waals surface area contributed by atoms with Crippen LogP contribution in [0, 0.1) is 0 Å². The zero-order valence-electron chi connectivity index (χ0n) is 6.47. The number of aromatic nitrogens is 1. The van der Waals surface area contributed by atoms with Crippen LogP contribution in [0.25, 0.3) is 0 Å². The van der Waals surface area contributed by atoms with Crippen LogP contribution >= 0.6 is 24.8 Å². The Hall–Kier alpha value is -0.510. The summed E-state index contributed by atoms with van der Waals surface area (Å²) in [6, 6.07) is 3.05. The van der Waals surface area contributed by atoms with Crippen molar-refractivity contribution < 1.29 is 0 Å². The van der Waals surface area contributed by atoms with E-state index >= 15 is 0 Å². The maximum Gasteiger partial charge on any atom is 0.181 e. The van der Waals surface area contributed by atoms with Gasteiger partial charge in [-0.2, -0.15) is 0 Å². The van der Waals surface area contributed by atoms with Gasteiger partial charge in [-0.1, -0.05) is 0 Å². The predicted octanol–water partition coefficient (Wildman–Crippen LogP) is 0.651. The van der Waals surface area contributed by atoms with E-state index in [4.69, 9.17) is 5.73 Å². The second kappa shape index (κ2) is 7.16. The van der Waals surface area contributed by atoms with Crippen LogP contribution in [0.5, 0.6) is 0 Å². The van der Waals surface area contributed by atoms with Crippen LogP contribution in [0.3, 0.4) is 0 Å². The average Bonchev–Trinajstić information content (AvgIpc) is 1.95. The lowest BCUT2D eigenvalue weighted by Crippen LogP contribution is -2.11. The maximum atomic E-state index is 10.6. The quantitative estimate of drug-likeness (QED) is 0.780. The summed E-state index contributed by atoms with van der Waals surface area (Å²) in [4.78, 5) is 10.6. The van der Waals surface area contributed by atoms with Crippen LogP contribution in [-0.2, 0) is 6.54 Å². The molecule has 5 heteroatoms. The number of nitrogens with zero attached hydrogens (tertiary/aromatic N) is 1. The average molecular weight is 211 g/mol. The Morgan fingerprint density at radius 1 is 1.25 bits per heavy atom. The van der Waals surface area contributed by atoms with Gasteiger partial charge in [0.05, 0.1) is 0 Å². The highest BCUT2D eigenvalue weighted by molar-refractivity contribution is 5.85. The van der Waals surface area contributed by atoms with Crippen molar-refractivity contribution in [1.82, 2.24) is 4.57 Å². The molecule has 0 saturated heterocycles. The fraction of sp³-hybridized carbons (Fsp3) is 0.286. The maximum absolute atomic E-state index is 10.6. The minimum atomic E-state index is 0. The highest BCUT2D eigenvalue weighted by atomic mass is 35.5. The SMILES string of the molecule is Cl.Cl.NCCn1ccc(=O)cc1. The summed E-state index contributed by atoms with van der Waals surface area (Å²) in [5.74, 6) is 0. The summed E-state index contributed by atoms with van der Waals surface area (Å²) in [6.07, 6.45) is 3.46. The third-order valence-electron chi connectivity index (χ3n) is 1.25. The molecule has 12 heavy (non-hydrogen) atoms. The van der Waals surface area contributed by atoms with Crippen molar-refractivity contribution in [3.63, 3.8) is 0 Å². The molecule has 2 N–H and O–H groups in total. The largest absolute Gasteiger partial charge is 0.353 e. The first-order valence-electron chi connectivity index (χ1n) is 3.19. The molecular weight excluding hydrogens is 199 g/mol. The number of halogens is 2. The van der Waals surface area contributed by atoms with Crippen LogP contribution in [-0.4, -0.2) is 11.1 Å². The lowest BCUT2D eigenvalue weighted by Gasteiger charge is -2.00. The molecule has 0 unspecified atom stereocenters. The number of hydrogen-bond acceptors (Lipinski definition) is 2. The molecule has 0 amide bonds. The molecule has 1 aromatic heterocycles. The van der Waals surface area contributed by atoms with Crippen LogP contribution < -0.4 is 11.2 Å². The van der Waals surface area contributed by atoms with E-state index in [9.17, 15) is 4.79 Å². The molecule has 0 aromatic carbocycles. The molecule has 1 heterocycles. The van der Waals surface area contributed by atoms with E-state index in [1.807, 2.05) is 4.57 Å². The lowest BCUT2D eigenvalue weighted by molar-refractivity contribution is 0.702. The van der Waals surface area contributed by atoms with Gasteiger partial charge in [0.25, 0.3) is 0 Å². The second-order valence-electron chi connectivity index (χ2n) is 2.06. The molecule has 0 saturated carbocycles. The third kappa shape index (κ3) is 4.38. The van der Waals surface area contributed by atoms with E-state index in [0.29, 0.717) is 6.54 Å². The van der Waals surface area contributed by atoms with Crippen molar-refractivity contribution in [1.29, 1.82) is 0 Å². The number of pyridine rings is 1. The van der Waals surface area contributed by atoms with E-state index < -0.39 is 0 Å². The molecule has 0 bridgehead atoms. The molecule has 0 aliphatic rings. The molecule has 0 fully saturated rings. The van der Waals surface area contributed by atoms with Crippen molar-refractivity contribution in [3.05, 3.63) is 34.7 Å². The van der Waals surface area contributed by atoms with Crippen molar-refractivity contribution in [2.24, 2.45) is 5.73 Å². The van der Waals surface area contributed by atoms with Gasteiger partial charge in [0, 0.05) is 37.6 Å². The van der Waals surface area contributed by atoms with E-state index in [1.54, 1.807) is 12.4 Å². The summed E-state index contributed by atoms with van der Waals surface area (Å²) in [6.45, 7) is 1.36. The number of rotatable bonds is 2. The van der Waals surface area contributed by atoms with E-state index in [-0.39, 0.29) is 30.2 Å². The highest BCUT2D eigenvalue weighted by Gasteiger charge is 1.84. The van der Waals surface area contributed by atoms with Crippen molar-refractivity contribution in [3.8, 4) is 0 Å². The summed E-state index contributed by atoms with van der Waals surface area (Å²) in [5, 5.41) is 0. The van der Waals surface area contributed by atoms with Gasteiger partial charge in [0.15, 0.2) is 5.43 Å². The Morgan fingerprint density at radius 2 is 1.75 bits per heavy atom. The Labute approximate surface area is 83.4 Å². The van der Waals surface area contributed by atoms with Gasteiger partial charge >= 0.3 is 0 Å². The zero-order chi connectivity index (χ0) is 7.40. The van der Waals surface area contributed by atoms with Gasteiger partial charge < -0.3 is 10.3 Å². The molecule has 70 valence electrons. The molecule has 0 spiro atoms. The monoisotopic (exact) mass is 210 g/mol. The van der Waals surface area contributed by atoms with Gasteiger partial charge in [-0.05, 0) is 0 Å². The second-order valence-corrected chi connectivity index (χ2v) is 2.06. The van der Waals surface area contributed by atoms with Gasteiger partial charge in [-0.15, -0.1) is 24.8 Å². The van der Waals surface area contributed by atoms with Gasteiger partial charge in [0.1, 0.15) is 0 Å². The molecular formula is C7H12Cl2N2O. The van der Waals surface area contributed by atoms with Gasteiger partial charge in [-0.25, -0.2) is 0 Å². The first-order valence-corrected chi connectivity index (χ1v) is 3.19. The number of nitrogens with two attached hydrogens (primary N) is 1. The smallest absolute Gasteiger partial charge is 0.181 e. The Kier molecular flexibility index (Phi) is 8.37. The first-order chi connectivity index (χ1) is 4.83. The van der Waals surface area contributed by atoms with Crippen molar-refractivity contribution >= 4 is 24.8 Å². The first kappa shape index (κ1) is 14.0. The van der Waals surface area contributed by atoms with Crippen molar-refractivity contribution in [2.75, 3.05) is 6.54 Å². The molecule has 0 atom stereocenters. The third-order valence-corrected chi connectivity index (χ3v) is 1.25. The van der Waals surface area contributed by atoms with Crippen LogP contribution in [0.2, 0.25) is 0 Å². The fourth-order valence-corrected chi connectivity index (χ4v) is 0.742. The molecule has 0 aliphatic heterocycles. The Balaban J connectivity index is 0. The molecule has 0 radical (unpaired) electrons. The fourth-order valence-electron chi connectivity index (χ4n) is 0.742. The Bertz CT molecular complexity index is 241. The molecule has 0 aliphatic carbocycles. The number of hydrogen-bond donors (Lipinski definition) is 1. The zero-order valence-corrected chi connectivity index (χ0v) is 8.11. The molecule has 1 aromatic rings. The minimum Gasteiger partial charge on any atom is -0.353 e. The Morgan fingerprint density at radius 3 is 2.17 bits per heavy atom. The van der Waals surface area contributed by atoms with Gasteiger partial charge in [-0.3, -0.25) is 4.79 Å². The van der Waals surface area contributed by atoms with Crippen LogP contribution in [0.15, 0.2) is 29.3 Å².